The molecule has 0 bridgehead atoms. The number of hydrogen-bond donors (Lipinski definition) is 0. The van der Waals surface area contributed by atoms with E-state index in [1.807, 2.05) is 0 Å². The monoisotopic (exact) mass is 217 g/mol. The van der Waals surface area contributed by atoms with Crippen molar-refractivity contribution in [1.29, 1.82) is 0 Å². The SMILES string of the molecule is O=C(CF)c1ccc(Cl)c([N+](=O)[O-])c1. The number of nitrogens with zero attached hydrogens (tertiary/aromatic N) is 1. The van der Waals surface area contributed by atoms with E-state index >= 15 is 0 Å². The molecule has 1 rings (SSSR count). The predicted octanol–water partition coefficient (Wildman–Crippen LogP) is 2.40. The number of ketones is 1. The molecule has 0 atom stereocenters. The van der Waals surface area contributed by atoms with E-state index in [1.54, 1.807) is 0 Å². The number of Topliss-reactive ketones (excluding diaryl/α,β-unsaturated/α-hetero) is 1. The fraction of sp³-hybridized carbons (Fsp3) is 0.125. The van der Waals surface area contributed by atoms with Crippen LogP contribution in [0.2, 0.25) is 5.02 Å². The van der Waals surface area contributed by atoms with Crippen LogP contribution in [0.15, 0.2) is 18.2 Å². The van der Waals surface area contributed by atoms with Gasteiger partial charge in [-0.15, -0.1) is 0 Å². The van der Waals surface area contributed by atoms with Crippen LogP contribution in [0.5, 0.6) is 0 Å². The second kappa shape index (κ2) is 4.15. The van der Waals surface area contributed by atoms with Gasteiger partial charge < -0.3 is 0 Å². The lowest BCUT2D eigenvalue weighted by atomic mass is 10.1. The standard InChI is InChI=1S/C8H5ClFNO3/c9-6-2-1-5(8(12)4-10)3-7(6)11(13)14/h1-3H,4H2. The summed E-state index contributed by atoms with van der Waals surface area (Å²) in [6, 6.07) is 3.41. The molecular formula is C8H5ClFNO3. The third kappa shape index (κ3) is 2.05. The summed E-state index contributed by atoms with van der Waals surface area (Å²) in [7, 11) is 0. The van der Waals surface area contributed by atoms with Gasteiger partial charge >= 0.3 is 0 Å². The number of alkyl halides is 1. The van der Waals surface area contributed by atoms with Gasteiger partial charge in [-0.05, 0) is 12.1 Å². The lowest BCUT2D eigenvalue weighted by molar-refractivity contribution is -0.384. The molecule has 1 aromatic carbocycles. The molecule has 0 aliphatic carbocycles. The molecule has 74 valence electrons. The Kier molecular flexibility index (Phi) is 3.14. The highest BCUT2D eigenvalue weighted by Crippen LogP contribution is 2.25. The molecule has 6 heteroatoms. The quantitative estimate of drug-likeness (QED) is 0.444. The average Bonchev–Trinajstić information content (AvgIpc) is 2.17. The maximum atomic E-state index is 12.0. The topological polar surface area (TPSA) is 60.2 Å². The number of halogens is 2. The van der Waals surface area contributed by atoms with Gasteiger partial charge in [0.2, 0.25) is 0 Å². The molecule has 0 spiro atoms. The minimum absolute atomic E-state index is 0.0522. The summed E-state index contributed by atoms with van der Waals surface area (Å²) >= 11 is 5.49. The number of carbonyl (C=O) groups is 1. The molecule has 0 radical (unpaired) electrons. The van der Waals surface area contributed by atoms with Gasteiger partial charge in [-0.2, -0.15) is 0 Å². The fourth-order valence-electron chi connectivity index (χ4n) is 0.903. The van der Waals surface area contributed by atoms with Crippen LogP contribution in [0.3, 0.4) is 0 Å². The zero-order valence-electron chi connectivity index (χ0n) is 6.87. The summed E-state index contributed by atoms with van der Waals surface area (Å²) < 4.78 is 12.0. The van der Waals surface area contributed by atoms with Crippen LogP contribution >= 0.6 is 11.6 Å². The highest BCUT2D eigenvalue weighted by atomic mass is 35.5. The maximum absolute atomic E-state index is 12.0. The van der Waals surface area contributed by atoms with Crippen molar-refractivity contribution in [3.8, 4) is 0 Å². The Balaban J connectivity index is 3.19. The molecule has 0 aliphatic heterocycles. The third-order valence-electron chi connectivity index (χ3n) is 1.59. The van der Waals surface area contributed by atoms with E-state index in [0.717, 1.165) is 6.07 Å². The first kappa shape index (κ1) is 10.6. The largest absolute Gasteiger partial charge is 0.291 e. The lowest BCUT2D eigenvalue weighted by Gasteiger charge is -1.98. The lowest BCUT2D eigenvalue weighted by Crippen LogP contribution is -2.01. The van der Waals surface area contributed by atoms with Crippen molar-refractivity contribution in [3.63, 3.8) is 0 Å². The molecule has 0 saturated heterocycles. The first-order chi connectivity index (χ1) is 6.56. The average molecular weight is 218 g/mol. The summed E-state index contributed by atoms with van der Waals surface area (Å²) in [6.45, 7) is -1.18. The molecule has 0 amide bonds. The number of hydrogen-bond acceptors (Lipinski definition) is 3. The molecule has 0 N–H and O–H groups in total. The summed E-state index contributed by atoms with van der Waals surface area (Å²) in [4.78, 5) is 20.5. The Morgan fingerprint density at radius 1 is 1.57 bits per heavy atom. The number of rotatable bonds is 3. The van der Waals surface area contributed by atoms with Crippen molar-refractivity contribution < 1.29 is 14.1 Å². The smallest absolute Gasteiger partial charge is 0.288 e. The molecular weight excluding hydrogens is 213 g/mol. The Morgan fingerprint density at radius 3 is 2.71 bits per heavy atom. The first-order valence-electron chi connectivity index (χ1n) is 3.59. The molecule has 14 heavy (non-hydrogen) atoms. The van der Waals surface area contributed by atoms with E-state index in [9.17, 15) is 19.3 Å². The van der Waals surface area contributed by atoms with E-state index in [4.69, 9.17) is 11.6 Å². The summed E-state index contributed by atoms with van der Waals surface area (Å²) in [5.74, 6) is -0.801. The highest BCUT2D eigenvalue weighted by molar-refractivity contribution is 6.32. The van der Waals surface area contributed by atoms with Crippen molar-refractivity contribution in [1.82, 2.24) is 0 Å². The molecule has 4 nitrogen and oxygen atoms in total. The maximum Gasteiger partial charge on any atom is 0.288 e. The van der Waals surface area contributed by atoms with Gasteiger partial charge in [-0.3, -0.25) is 14.9 Å². The van der Waals surface area contributed by atoms with Crippen LogP contribution in [0.25, 0.3) is 0 Å². The molecule has 0 heterocycles. The number of carbonyl (C=O) groups excluding carboxylic acids is 1. The predicted molar refractivity (Wildman–Crippen MR) is 48.4 cm³/mol. The molecule has 0 fully saturated rings. The summed E-state index contributed by atoms with van der Waals surface area (Å²) in [6.07, 6.45) is 0. The summed E-state index contributed by atoms with van der Waals surface area (Å²) in [5, 5.41) is 10.3. The number of benzene rings is 1. The van der Waals surface area contributed by atoms with E-state index in [2.05, 4.69) is 0 Å². The van der Waals surface area contributed by atoms with Crippen molar-refractivity contribution in [3.05, 3.63) is 38.9 Å². The van der Waals surface area contributed by atoms with Crippen LogP contribution in [0.4, 0.5) is 10.1 Å². The second-order valence-electron chi connectivity index (χ2n) is 2.48. The van der Waals surface area contributed by atoms with Gasteiger partial charge in [-0.1, -0.05) is 11.6 Å². The Morgan fingerprint density at radius 2 is 2.21 bits per heavy atom. The Labute approximate surface area is 83.4 Å². The Bertz CT molecular complexity index is 394. The molecule has 0 aromatic heterocycles. The highest BCUT2D eigenvalue weighted by Gasteiger charge is 2.15. The van der Waals surface area contributed by atoms with Crippen molar-refractivity contribution in [2.75, 3.05) is 6.67 Å². The van der Waals surface area contributed by atoms with Gasteiger partial charge in [-0.25, -0.2) is 4.39 Å². The van der Waals surface area contributed by atoms with Crippen LogP contribution in [-0.4, -0.2) is 17.4 Å². The van der Waals surface area contributed by atoms with Crippen LogP contribution < -0.4 is 0 Å². The van der Waals surface area contributed by atoms with Gasteiger partial charge in [0.05, 0.1) is 4.92 Å². The molecule has 0 unspecified atom stereocenters. The minimum Gasteiger partial charge on any atom is -0.291 e. The van der Waals surface area contributed by atoms with Crippen molar-refractivity contribution >= 4 is 23.1 Å². The van der Waals surface area contributed by atoms with Gasteiger partial charge in [0, 0.05) is 11.6 Å². The molecule has 1 aromatic rings. The van der Waals surface area contributed by atoms with Crippen LogP contribution in [-0.2, 0) is 0 Å². The zero-order valence-corrected chi connectivity index (χ0v) is 7.62. The normalized spacial score (nSPS) is 9.86. The molecule has 0 aliphatic rings. The van der Waals surface area contributed by atoms with Gasteiger partial charge in [0.25, 0.3) is 5.69 Å². The van der Waals surface area contributed by atoms with Gasteiger partial charge in [0.1, 0.15) is 5.02 Å². The number of nitro benzene ring substituents is 1. The van der Waals surface area contributed by atoms with Crippen molar-refractivity contribution in [2.24, 2.45) is 0 Å². The third-order valence-corrected chi connectivity index (χ3v) is 1.91. The van der Waals surface area contributed by atoms with Crippen LogP contribution in [0, 0.1) is 10.1 Å². The van der Waals surface area contributed by atoms with Crippen molar-refractivity contribution in [2.45, 2.75) is 0 Å². The molecule has 0 saturated carbocycles. The van der Waals surface area contributed by atoms with E-state index in [0.29, 0.717) is 0 Å². The van der Waals surface area contributed by atoms with Crippen LogP contribution in [0.1, 0.15) is 10.4 Å². The Hall–Kier alpha value is -1.49. The van der Waals surface area contributed by atoms with Gasteiger partial charge in [0.15, 0.2) is 12.5 Å². The number of nitro groups is 1. The second-order valence-corrected chi connectivity index (χ2v) is 2.89. The zero-order chi connectivity index (χ0) is 10.7. The first-order valence-corrected chi connectivity index (χ1v) is 3.97. The van der Waals surface area contributed by atoms with E-state index in [-0.39, 0.29) is 10.6 Å². The minimum atomic E-state index is -1.18. The van der Waals surface area contributed by atoms with E-state index in [1.165, 1.54) is 12.1 Å². The fourth-order valence-corrected chi connectivity index (χ4v) is 1.09. The van der Waals surface area contributed by atoms with E-state index < -0.39 is 23.1 Å². The summed E-state index contributed by atoms with van der Waals surface area (Å²) in [5.41, 5.74) is -0.449.